The average Bonchev–Trinajstić information content (AvgIpc) is 2.39. The molecule has 3 nitrogen and oxygen atoms in total. The number of halogens is 1. The van der Waals surface area contributed by atoms with Gasteiger partial charge in [-0.05, 0) is 31.5 Å². The fourth-order valence-corrected chi connectivity index (χ4v) is 2.94. The summed E-state index contributed by atoms with van der Waals surface area (Å²) >= 11 is 3.45. The predicted octanol–water partition coefficient (Wildman–Crippen LogP) is 2.51. The van der Waals surface area contributed by atoms with Crippen molar-refractivity contribution in [2.24, 2.45) is 0 Å². The van der Waals surface area contributed by atoms with Gasteiger partial charge in [0.15, 0.2) is 0 Å². The molecule has 1 atom stereocenters. The smallest absolute Gasteiger partial charge is 0.0917 e. The van der Waals surface area contributed by atoms with Crippen molar-refractivity contribution in [3.63, 3.8) is 0 Å². The number of aliphatic hydroxyl groups excluding tert-OH is 1. The Balaban J connectivity index is 1.85. The lowest BCUT2D eigenvalue weighted by atomic mass is 10.1. The summed E-state index contributed by atoms with van der Waals surface area (Å²) in [7, 11) is 0. The number of hydrogen-bond donors (Lipinski definition) is 1. The minimum absolute atomic E-state index is 0.400. The van der Waals surface area contributed by atoms with Gasteiger partial charge in [0.25, 0.3) is 0 Å². The highest BCUT2D eigenvalue weighted by atomic mass is 79.9. The molecule has 0 saturated carbocycles. The van der Waals surface area contributed by atoms with Gasteiger partial charge in [0.2, 0.25) is 0 Å². The van der Waals surface area contributed by atoms with Crippen LogP contribution in [0.3, 0.4) is 0 Å². The molecule has 106 valence electrons. The van der Waals surface area contributed by atoms with E-state index in [0.29, 0.717) is 6.04 Å². The lowest BCUT2D eigenvalue weighted by Gasteiger charge is -2.37. The van der Waals surface area contributed by atoms with Gasteiger partial charge in [0, 0.05) is 43.2 Å². The van der Waals surface area contributed by atoms with Gasteiger partial charge < -0.3 is 5.11 Å². The Bertz CT molecular complexity index is 403. The Kier molecular flexibility index (Phi) is 5.39. The average molecular weight is 327 g/mol. The maximum atomic E-state index is 10.3. The summed E-state index contributed by atoms with van der Waals surface area (Å²) in [6.45, 7) is 9.50. The molecule has 1 unspecified atom stereocenters. The predicted molar refractivity (Wildman–Crippen MR) is 82.3 cm³/mol. The first kappa shape index (κ1) is 15.0. The maximum absolute atomic E-state index is 10.3. The molecule has 2 rings (SSSR count). The Labute approximate surface area is 124 Å². The molecule has 1 heterocycles. The fourth-order valence-electron chi connectivity index (χ4n) is 2.53. The largest absolute Gasteiger partial charge is 0.387 e. The van der Waals surface area contributed by atoms with Crippen molar-refractivity contribution in [3.8, 4) is 0 Å². The normalized spacial score (nSPS) is 19.8. The Morgan fingerprint density at radius 3 is 2.47 bits per heavy atom. The van der Waals surface area contributed by atoms with E-state index in [4.69, 9.17) is 0 Å². The van der Waals surface area contributed by atoms with E-state index in [-0.39, 0.29) is 0 Å². The molecule has 0 aromatic heterocycles. The molecule has 0 bridgehead atoms. The molecule has 1 aromatic carbocycles. The third-order valence-corrected chi connectivity index (χ3v) is 4.30. The molecule has 0 amide bonds. The van der Waals surface area contributed by atoms with E-state index >= 15 is 0 Å². The van der Waals surface area contributed by atoms with Crippen LogP contribution in [-0.4, -0.2) is 53.7 Å². The molecule has 1 N–H and O–H groups in total. The molecule has 1 saturated heterocycles. The van der Waals surface area contributed by atoms with Gasteiger partial charge in [-0.1, -0.05) is 28.1 Å². The number of piperazine rings is 1. The molecule has 1 aliphatic rings. The van der Waals surface area contributed by atoms with Crippen LogP contribution < -0.4 is 0 Å². The van der Waals surface area contributed by atoms with E-state index in [1.165, 1.54) is 0 Å². The van der Waals surface area contributed by atoms with Gasteiger partial charge >= 0.3 is 0 Å². The summed E-state index contributed by atoms with van der Waals surface area (Å²) in [4.78, 5) is 4.84. The molecule has 4 heteroatoms. The summed E-state index contributed by atoms with van der Waals surface area (Å²) in [6.07, 6.45) is -0.400. The second kappa shape index (κ2) is 6.84. The number of benzene rings is 1. The number of β-amino-alcohol motifs (C(OH)–C–C–N with tert-alkyl or cyclic N) is 1. The summed E-state index contributed by atoms with van der Waals surface area (Å²) in [5.74, 6) is 0. The van der Waals surface area contributed by atoms with E-state index in [9.17, 15) is 5.11 Å². The maximum Gasteiger partial charge on any atom is 0.0917 e. The minimum Gasteiger partial charge on any atom is -0.387 e. The van der Waals surface area contributed by atoms with Crippen molar-refractivity contribution in [2.75, 3.05) is 32.7 Å². The first-order valence-corrected chi connectivity index (χ1v) is 7.75. The van der Waals surface area contributed by atoms with E-state index < -0.39 is 6.10 Å². The van der Waals surface area contributed by atoms with E-state index in [1.807, 2.05) is 24.3 Å². The van der Waals surface area contributed by atoms with Crippen LogP contribution in [0.2, 0.25) is 0 Å². The van der Waals surface area contributed by atoms with Crippen molar-refractivity contribution in [3.05, 3.63) is 34.3 Å². The number of rotatable bonds is 4. The van der Waals surface area contributed by atoms with Crippen molar-refractivity contribution in [2.45, 2.75) is 26.0 Å². The molecular formula is C15H23BrN2O. The van der Waals surface area contributed by atoms with Crippen LogP contribution in [0.15, 0.2) is 28.7 Å². The summed E-state index contributed by atoms with van der Waals surface area (Å²) in [5, 5.41) is 10.3. The topological polar surface area (TPSA) is 26.7 Å². The van der Waals surface area contributed by atoms with Gasteiger partial charge in [-0.3, -0.25) is 9.80 Å². The second-order valence-electron chi connectivity index (χ2n) is 5.50. The van der Waals surface area contributed by atoms with Crippen LogP contribution in [0, 0.1) is 0 Å². The third kappa shape index (κ3) is 4.28. The second-order valence-corrected chi connectivity index (χ2v) is 6.42. The van der Waals surface area contributed by atoms with Crippen LogP contribution in [0.25, 0.3) is 0 Å². The zero-order valence-electron chi connectivity index (χ0n) is 11.7. The van der Waals surface area contributed by atoms with Crippen LogP contribution in [0.4, 0.5) is 0 Å². The van der Waals surface area contributed by atoms with E-state index in [2.05, 4.69) is 39.6 Å². The van der Waals surface area contributed by atoms with Crippen LogP contribution in [0.1, 0.15) is 25.5 Å². The SMILES string of the molecule is CC(C)N1CCN(CC(O)c2cccc(Br)c2)CC1. The van der Waals surface area contributed by atoms with Gasteiger partial charge in [0.05, 0.1) is 6.10 Å². The third-order valence-electron chi connectivity index (χ3n) is 3.80. The first-order valence-electron chi connectivity index (χ1n) is 6.96. The van der Waals surface area contributed by atoms with E-state index in [0.717, 1.165) is 42.8 Å². The number of nitrogens with zero attached hydrogens (tertiary/aromatic N) is 2. The van der Waals surface area contributed by atoms with Gasteiger partial charge in [-0.2, -0.15) is 0 Å². The van der Waals surface area contributed by atoms with Crippen LogP contribution >= 0.6 is 15.9 Å². The van der Waals surface area contributed by atoms with Gasteiger partial charge in [0.1, 0.15) is 0 Å². The molecule has 19 heavy (non-hydrogen) atoms. The highest BCUT2D eigenvalue weighted by Crippen LogP contribution is 2.19. The van der Waals surface area contributed by atoms with Crippen molar-refractivity contribution >= 4 is 15.9 Å². The molecule has 0 spiro atoms. The lowest BCUT2D eigenvalue weighted by molar-refractivity contribution is 0.0621. The van der Waals surface area contributed by atoms with Crippen LogP contribution in [0.5, 0.6) is 0 Å². The molecule has 1 aliphatic heterocycles. The molecule has 1 aromatic rings. The lowest BCUT2D eigenvalue weighted by Crippen LogP contribution is -2.49. The Hall–Kier alpha value is -0.420. The van der Waals surface area contributed by atoms with Crippen molar-refractivity contribution in [1.82, 2.24) is 9.80 Å². The standard InChI is InChI=1S/C15H23BrN2O/c1-12(2)18-8-6-17(7-9-18)11-15(19)13-4-3-5-14(16)10-13/h3-5,10,12,15,19H,6-9,11H2,1-2H3. The summed E-state index contributed by atoms with van der Waals surface area (Å²) in [5.41, 5.74) is 0.987. The summed E-state index contributed by atoms with van der Waals surface area (Å²) < 4.78 is 1.02. The molecule has 0 radical (unpaired) electrons. The highest BCUT2D eigenvalue weighted by Gasteiger charge is 2.21. The minimum atomic E-state index is -0.400. The van der Waals surface area contributed by atoms with Crippen molar-refractivity contribution in [1.29, 1.82) is 0 Å². The molecular weight excluding hydrogens is 304 g/mol. The number of hydrogen-bond acceptors (Lipinski definition) is 3. The zero-order valence-corrected chi connectivity index (χ0v) is 13.3. The van der Waals surface area contributed by atoms with Crippen LogP contribution in [-0.2, 0) is 0 Å². The Morgan fingerprint density at radius 1 is 1.21 bits per heavy atom. The van der Waals surface area contributed by atoms with Gasteiger partial charge in [-0.25, -0.2) is 0 Å². The van der Waals surface area contributed by atoms with Crippen molar-refractivity contribution < 1.29 is 5.11 Å². The molecule has 0 aliphatic carbocycles. The Morgan fingerprint density at radius 2 is 1.89 bits per heavy atom. The quantitative estimate of drug-likeness (QED) is 0.921. The summed E-state index contributed by atoms with van der Waals surface area (Å²) in [6, 6.07) is 8.56. The highest BCUT2D eigenvalue weighted by molar-refractivity contribution is 9.10. The molecule has 1 fully saturated rings. The zero-order chi connectivity index (χ0) is 13.8. The number of aliphatic hydroxyl groups is 1. The fraction of sp³-hybridized carbons (Fsp3) is 0.600. The van der Waals surface area contributed by atoms with Gasteiger partial charge in [-0.15, -0.1) is 0 Å². The monoisotopic (exact) mass is 326 g/mol. The first-order chi connectivity index (χ1) is 9.06. The van der Waals surface area contributed by atoms with E-state index in [1.54, 1.807) is 0 Å².